The van der Waals surface area contributed by atoms with Gasteiger partial charge < -0.3 is 19.5 Å². The molecule has 5 heteroatoms. The average Bonchev–Trinajstić information content (AvgIpc) is 2.74. The first-order chi connectivity index (χ1) is 7.45. The Bertz CT molecular complexity index is 343. The van der Waals surface area contributed by atoms with Crippen molar-refractivity contribution in [2.24, 2.45) is 0 Å². The number of aromatic nitrogens is 2. The molecule has 1 fully saturated rings. The van der Waals surface area contributed by atoms with Gasteiger partial charge in [0, 0.05) is 32.7 Å². The van der Waals surface area contributed by atoms with Gasteiger partial charge in [-0.2, -0.15) is 0 Å². The lowest BCUT2D eigenvalue weighted by Crippen LogP contribution is -2.39. The fourth-order valence-corrected chi connectivity index (χ4v) is 2.21. The second kappa shape index (κ2) is 3.83. The van der Waals surface area contributed by atoms with Gasteiger partial charge in [-0.25, -0.2) is 4.98 Å². The Labute approximate surface area is 89.0 Å². The van der Waals surface area contributed by atoms with Crippen molar-refractivity contribution in [1.29, 1.82) is 0 Å². The molecule has 2 aliphatic rings. The van der Waals surface area contributed by atoms with Crippen LogP contribution in [0.3, 0.4) is 0 Å². The highest BCUT2D eigenvalue weighted by molar-refractivity contribution is 5.35. The van der Waals surface area contributed by atoms with Crippen molar-refractivity contribution in [3.05, 3.63) is 11.9 Å². The molecule has 0 aliphatic carbocycles. The molecule has 0 amide bonds. The summed E-state index contributed by atoms with van der Waals surface area (Å²) in [5, 5.41) is 3.35. The summed E-state index contributed by atoms with van der Waals surface area (Å²) in [7, 11) is 0. The lowest BCUT2D eigenvalue weighted by Gasteiger charge is -2.29. The highest BCUT2D eigenvalue weighted by Crippen LogP contribution is 2.18. The van der Waals surface area contributed by atoms with Crippen molar-refractivity contribution in [2.45, 2.75) is 13.1 Å². The Kier molecular flexibility index (Phi) is 2.34. The van der Waals surface area contributed by atoms with Gasteiger partial charge in [0.15, 0.2) is 0 Å². The fourth-order valence-electron chi connectivity index (χ4n) is 2.21. The Hall–Kier alpha value is -1.07. The first kappa shape index (κ1) is 9.18. The number of imidazole rings is 1. The van der Waals surface area contributed by atoms with E-state index in [0.29, 0.717) is 0 Å². The molecule has 1 aromatic rings. The van der Waals surface area contributed by atoms with Gasteiger partial charge in [0.25, 0.3) is 0 Å². The van der Waals surface area contributed by atoms with E-state index in [4.69, 9.17) is 4.74 Å². The molecule has 0 atom stereocenters. The van der Waals surface area contributed by atoms with E-state index >= 15 is 0 Å². The summed E-state index contributed by atoms with van der Waals surface area (Å²) >= 11 is 0. The minimum atomic E-state index is 0.820. The van der Waals surface area contributed by atoms with Crippen LogP contribution in [0, 0.1) is 0 Å². The maximum Gasteiger partial charge on any atom is 0.205 e. The van der Waals surface area contributed by atoms with E-state index in [1.54, 1.807) is 0 Å². The number of morpholine rings is 1. The SMILES string of the molecule is c1nc(N2CCOCC2)n2c1CNCC2. The molecular formula is C10H16N4O. The zero-order valence-corrected chi connectivity index (χ0v) is 8.78. The number of hydrogen-bond donors (Lipinski definition) is 1. The summed E-state index contributed by atoms with van der Waals surface area (Å²) in [5.41, 5.74) is 1.29. The standard InChI is InChI=1S/C10H16N4O/c1-2-14-9(7-11-1)8-12-10(14)13-3-5-15-6-4-13/h8,11H,1-7H2. The third kappa shape index (κ3) is 1.61. The van der Waals surface area contributed by atoms with Gasteiger partial charge in [-0.1, -0.05) is 0 Å². The molecule has 3 heterocycles. The molecule has 2 aliphatic heterocycles. The molecule has 1 saturated heterocycles. The van der Waals surface area contributed by atoms with Crippen LogP contribution in [-0.4, -0.2) is 42.4 Å². The van der Waals surface area contributed by atoms with Crippen molar-refractivity contribution in [3.63, 3.8) is 0 Å². The molecule has 0 unspecified atom stereocenters. The Morgan fingerprint density at radius 2 is 2.13 bits per heavy atom. The number of fused-ring (bicyclic) bond motifs is 1. The summed E-state index contributed by atoms with van der Waals surface area (Å²) in [5.74, 6) is 1.12. The molecule has 82 valence electrons. The molecule has 15 heavy (non-hydrogen) atoms. The van der Waals surface area contributed by atoms with Crippen LogP contribution in [-0.2, 0) is 17.8 Å². The van der Waals surface area contributed by atoms with Gasteiger partial charge in [-0.3, -0.25) is 0 Å². The van der Waals surface area contributed by atoms with Crippen molar-refractivity contribution in [3.8, 4) is 0 Å². The monoisotopic (exact) mass is 208 g/mol. The van der Waals surface area contributed by atoms with Crippen LogP contribution >= 0.6 is 0 Å². The average molecular weight is 208 g/mol. The molecule has 0 saturated carbocycles. The summed E-state index contributed by atoms with van der Waals surface area (Å²) in [6.45, 7) is 6.58. The van der Waals surface area contributed by atoms with Crippen LogP contribution < -0.4 is 10.2 Å². The minimum Gasteiger partial charge on any atom is -0.378 e. The Morgan fingerprint density at radius 1 is 1.27 bits per heavy atom. The summed E-state index contributed by atoms with van der Waals surface area (Å²) in [6.07, 6.45) is 1.98. The highest BCUT2D eigenvalue weighted by Gasteiger charge is 2.19. The number of rotatable bonds is 1. The second-order valence-electron chi connectivity index (χ2n) is 3.98. The third-order valence-electron chi connectivity index (χ3n) is 3.03. The quantitative estimate of drug-likeness (QED) is 0.695. The van der Waals surface area contributed by atoms with Gasteiger partial charge >= 0.3 is 0 Å². The largest absolute Gasteiger partial charge is 0.378 e. The van der Waals surface area contributed by atoms with E-state index in [9.17, 15) is 0 Å². The van der Waals surface area contributed by atoms with Crippen molar-refractivity contribution >= 4 is 5.95 Å². The Balaban J connectivity index is 1.87. The van der Waals surface area contributed by atoms with Crippen LogP contribution in [0.25, 0.3) is 0 Å². The zero-order chi connectivity index (χ0) is 10.1. The van der Waals surface area contributed by atoms with Crippen molar-refractivity contribution < 1.29 is 4.74 Å². The third-order valence-corrected chi connectivity index (χ3v) is 3.03. The number of nitrogens with zero attached hydrogens (tertiary/aromatic N) is 3. The summed E-state index contributed by atoms with van der Waals surface area (Å²) in [6, 6.07) is 0. The van der Waals surface area contributed by atoms with E-state index in [0.717, 1.165) is 51.9 Å². The van der Waals surface area contributed by atoms with E-state index in [2.05, 4.69) is 19.8 Å². The Morgan fingerprint density at radius 3 is 3.00 bits per heavy atom. The molecule has 0 spiro atoms. The van der Waals surface area contributed by atoms with Crippen LogP contribution in [0.5, 0.6) is 0 Å². The number of nitrogens with one attached hydrogen (secondary N) is 1. The smallest absolute Gasteiger partial charge is 0.205 e. The van der Waals surface area contributed by atoms with Crippen LogP contribution in [0.1, 0.15) is 5.69 Å². The summed E-state index contributed by atoms with van der Waals surface area (Å²) < 4.78 is 7.67. The van der Waals surface area contributed by atoms with Crippen LogP contribution in [0.4, 0.5) is 5.95 Å². The van der Waals surface area contributed by atoms with Crippen LogP contribution in [0.2, 0.25) is 0 Å². The summed E-state index contributed by atoms with van der Waals surface area (Å²) in [4.78, 5) is 6.83. The maximum absolute atomic E-state index is 5.35. The molecule has 5 nitrogen and oxygen atoms in total. The van der Waals surface area contributed by atoms with Gasteiger partial charge in [-0.15, -0.1) is 0 Å². The number of hydrogen-bond acceptors (Lipinski definition) is 4. The first-order valence-corrected chi connectivity index (χ1v) is 5.53. The predicted molar refractivity (Wildman–Crippen MR) is 57.0 cm³/mol. The van der Waals surface area contributed by atoms with Crippen molar-refractivity contribution in [2.75, 3.05) is 37.7 Å². The van der Waals surface area contributed by atoms with Gasteiger partial charge in [0.1, 0.15) is 0 Å². The molecule has 3 rings (SSSR count). The van der Waals surface area contributed by atoms with E-state index in [1.807, 2.05) is 6.20 Å². The zero-order valence-electron chi connectivity index (χ0n) is 8.78. The lowest BCUT2D eigenvalue weighted by molar-refractivity contribution is 0.121. The fraction of sp³-hybridized carbons (Fsp3) is 0.700. The molecule has 0 radical (unpaired) electrons. The minimum absolute atomic E-state index is 0.820. The number of ether oxygens (including phenoxy) is 1. The first-order valence-electron chi connectivity index (χ1n) is 5.53. The molecule has 1 aromatic heterocycles. The molecule has 1 N–H and O–H groups in total. The predicted octanol–water partition coefficient (Wildman–Crippen LogP) is -0.177. The van der Waals surface area contributed by atoms with Gasteiger partial charge in [0.2, 0.25) is 5.95 Å². The van der Waals surface area contributed by atoms with Crippen LogP contribution in [0.15, 0.2) is 6.20 Å². The second-order valence-corrected chi connectivity index (χ2v) is 3.98. The van der Waals surface area contributed by atoms with Gasteiger partial charge in [0.05, 0.1) is 25.1 Å². The lowest BCUT2D eigenvalue weighted by atomic mass is 10.3. The highest BCUT2D eigenvalue weighted by atomic mass is 16.5. The molecular weight excluding hydrogens is 192 g/mol. The van der Waals surface area contributed by atoms with E-state index < -0.39 is 0 Å². The number of anilines is 1. The topological polar surface area (TPSA) is 42.3 Å². The van der Waals surface area contributed by atoms with Gasteiger partial charge in [-0.05, 0) is 0 Å². The van der Waals surface area contributed by atoms with E-state index in [-0.39, 0.29) is 0 Å². The molecule has 0 bridgehead atoms. The normalized spacial score (nSPS) is 21.5. The van der Waals surface area contributed by atoms with E-state index in [1.165, 1.54) is 5.69 Å². The maximum atomic E-state index is 5.35. The molecule has 0 aromatic carbocycles. The van der Waals surface area contributed by atoms with Crippen molar-refractivity contribution in [1.82, 2.24) is 14.9 Å².